The monoisotopic (exact) mass is 437 g/mol. The van der Waals surface area contributed by atoms with E-state index in [0.29, 0.717) is 0 Å². The van der Waals surface area contributed by atoms with Crippen molar-refractivity contribution in [3.05, 3.63) is 30.6 Å². The van der Waals surface area contributed by atoms with Crippen LogP contribution in [0.4, 0.5) is 0 Å². The van der Waals surface area contributed by atoms with Crippen LogP contribution in [0.5, 0.6) is 0 Å². The van der Waals surface area contributed by atoms with Gasteiger partial charge in [0.15, 0.2) is 0 Å². The third-order valence-electron chi connectivity index (χ3n) is 5.83. The summed E-state index contributed by atoms with van der Waals surface area (Å²) in [5.74, 6) is 0. The van der Waals surface area contributed by atoms with Gasteiger partial charge in [-0.15, -0.1) is 10.2 Å². The largest absolute Gasteiger partial charge is 0.252 e. The van der Waals surface area contributed by atoms with E-state index in [4.69, 9.17) is 4.98 Å². The van der Waals surface area contributed by atoms with E-state index >= 15 is 0 Å². The highest BCUT2D eigenvalue weighted by atomic mass is 15.4. The van der Waals surface area contributed by atoms with Crippen LogP contribution in [0, 0.1) is 0 Å². The lowest BCUT2D eigenvalue weighted by molar-refractivity contribution is 0.516. The third-order valence-corrected chi connectivity index (χ3v) is 5.83. The minimum absolute atomic E-state index is 0.803. The quantitative estimate of drug-likeness (QED) is 0.245. The van der Waals surface area contributed by atoms with Crippen LogP contribution >= 0.6 is 0 Å². The first-order valence-corrected chi connectivity index (χ1v) is 12.6. The molecule has 3 rings (SSSR count). The summed E-state index contributed by atoms with van der Waals surface area (Å²) in [7, 11) is 0. The number of pyridine rings is 1. The predicted molar refractivity (Wildman–Crippen MR) is 129 cm³/mol. The Morgan fingerprint density at radius 2 is 1.00 bits per heavy atom. The van der Waals surface area contributed by atoms with Gasteiger partial charge in [-0.1, -0.05) is 94.5 Å². The van der Waals surface area contributed by atoms with Gasteiger partial charge in [0.25, 0.3) is 0 Å². The van der Waals surface area contributed by atoms with Gasteiger partial charge in [0.2, 0.25) is 0 Å². The highest BCUT2D eigenvalue weighted by Crippen LogP contribution is 2.20. The second kappa shape index (κ2) is 13.8. The van der Waals surface area contributed by atoms with E-state index < -0.39 is 0 Å². The molecule has 7 heteroatoms. The topological polar surface area (TPSA) is 74.3 Å². The summed E-state index contributed by atoms with van der Waals surface area (Å²) < 4.78 is 3.86. The molecule has 3 heterocycles. The van der Waals surface area contributed by atoms with Crippen molar-refractivity contribution >= 4 is 0 Å². The molecule has 3 aromatic rings. The number of unbranched alkanes of at least 4 members (excludes halogenated alkanes) is 10. The number of hydrogen-bond acceptors (Lipinski definition) is 5. The average Bonchev–Trinajstić information content (AvgIpc) is 3.49. The van der Waals surface area contributed by atoms with E-state index in [1.165, 1.54) is 64.2 Å². The molecule has 32 heavy (non-hydrogen) atoms. The molecule has 0 aromatic carbocycles. The van der Waals surface area contributed by atoms with Gasteiger partial charge in [-0.25, -0.2) is 4.98 Å². The zero-order valence-electron chi connectivity index (χ0n) is 19.9. The van der Waals surface area contributed by atoms with Crippen LogP contribution in [-0.4, -0.2) is 35.0 Å². The zero-order chi connectivity index (χ0) is 22.4. The van der Waals surface area contributed by atoms with Gasteiger partial charge in [-0.2, -0.15) is 0 Å². The molecule has 0 saturated heterocycles. The van der Waals surface area contributed by atoms with Crippen molar-refractivity contribution in [1.29, 1.82) is 0 Å². The molecular weight excluding hydrogens is 398 g/mol. The van der Waals surface area contributed by atoms with Crippen LogP contribution in [0.25, 0.3) is 22.8 Å². The summed E-state index contributed by atoms with van der Waals surface area (Å²) in [6.45, 7) is 6.31. The van der Waals surface area contributed by atoms with E-state index in [9.17, 15) is 0 Å². The maximum Gasteiger partial charge on any atom is 0.131 e. The van der Waals surface area contributed by atoms with E-state index in [1.54, 1.807) is 0 Å². The molecule has 0 aliphatic rings. The van der Waals surface area contributed by atoms with Crippen molar-refractivity contribution in [1.82, 2.24) is 35.0 Å². The van der Waals surface area contributed by atoms with Crippen LogP contribution in [0.2, 0.25) is 0 Å². The van der Waals surface area contributed by atoms with Gasteiger partial charge in [-0.05, 0) is 25.0 Å². The molecule has 0 spiro atoms. The Labute approximate surface area is 192 Å². The van der Waals surface area contributed by atoms with Crippen molar-refractivity contribution in [2.75, 3.05) is 0 Å². The van der Waals surface area contributed by atoms with Crippen molar-refractivity contribution in [3.63, 3.8) is 0 Å². The van der Waals surface area contributed by atoms with Crippen LogP contribution in [0.15, 0.2) is 30.6 Å². The second-order valence-electron chi connectivity index (χ2n) is 8.68. The summed E-state index contributed by atoms with van der Waals surface area (Å²) in [5, 5.41) is 17.2. The zero-order valence-corrected chi connectivity index (χ0v) is 19.9. The average molecular weight is 438 g/mol. The Balaban J connectivity index is 1.50. The van der Waals surface area contributed by atoms with Gasteiger partial charge in [0.1, 0.15) is 11.4 Å². The predicted octanol–water partition coefficient (Wildman–Crippen LogP) is 6.32. The van der Waals surface area contributed by atoms with E-state index in [-0.39, 0.29) is 0 Å². The van der Waals surface area contributed by atoms with Gasteiger partial charge in [0.05, 0.1) is 23.8 Å². The normalized spacial score (nSPS) is 11.3. The lowest BCUT2D eigenvalue weighted by Crippen LogP contribution is -1.98. The molecular formula is C25H39N7. The summed E-state index contributed by atoms with van der Waals surface area (Å²) in [6, 6.07) is 5.95. The molecule has 0 fully saturated rings. The summed E-state index contributed by atoms with van der Waals surface area (Å²) in [5.41, 5.74) is 3.25. The van der Waals surface area contributed by atoms with Crippen molar-refractivity contribution in [2.45, 2.75) is 104 Å². The standard InChI is InChI=1S/C25H39N7/c1-3-5-7-9-11-13-18-31-20-24(27-29-31)22-16-15-17-23(26-22)25-21-32(30-28-25)19-14-12-10-8-6-4-2/h15-17,20-21H,3-14,18-19H2,1-2H3. The Kier molecular flexibility index (Phi) is 10.4. The lowest BCUT2D eigenvalue weighted by Gasteiger charge is -2.01. The molecule has 0 unspecified atom stereocenters. The van der Waals surface area contributed by atoms with E-state index in [1.807, 2.05) is 40.0 Å². The second-order valence-corrected chi connectivity index (χ2v) is 8.68. The minimum Gasteiger partial charge on any atom is -0.252 e. The van der Waals surface area contributed by atoms with Crippen molar-refractivity contribution < 1.29 is 0 Å². The Hall–Kier alpha value is -2.57. The minimum atomic E-state index is 0.803. The Bertz CT molecular complexity index is 830. The summed E-state index contributed by atoms with van der Waals surface area (Å²) in [4.78, 5) is 4.77. The summed E-state index contributed by atoms with van der Waals surface area (Å²) >= 11 is 0. The molecule has 0 aliphatic heterocycles. The smallest absolute Gasteiger partial charge is 0.131 e. The Morgan fingerprint density at radius 1 is 0.562 bits per heavy atom. The van der Waals surface area contributed by atoms with Gasteiger partial charge < -0.3 is 0 Å². The molecule has 0 N–H and O–H groups in total. The van der Waals surface area contributed by atoms with Crippen molar-refractivity contribution in [2.24, 2.45) is 0 Å². The summed E-state index contributed by atoms with van der Waals surface area (Å²) in [6.07, 6.45) is 19.3. The SMILES string of the molecule is CCCCCCCCn1cc(-c2cccc(-c3cn(CCCCCCCC)nn3)n2)nn1. The lowest BCUT2D eigenvalue weighted by atomic mass is 10.1. The molecule has 174 valence electrons. The first-order valence-electron chi connectivity index (χ1n) is 12.6. The number of aryl methyl sites for hydroxylation is 2. The van der Waals surface area contributed by atoms with Crippen LogP contribution in [-0.2, 0) is 13.1 Å². The molecule has 0 amide bonds. The van der Waals surface area contributed by atoms with Crippen molar-refractivity contribution in [3.8, 4) is 22.8 Å². The third kappa shape index (κ3) is 7.84. The van der Waals surface area contributed by atoms with Crippen LogP contribution in [0.1, 0.15) is 90.9 Å². The van der Waals surface area contributed by atoms with E-state index in [2.05, 4.69) is 34.5 Å². The molecule has 0 saturated carbocycles. The number of hydrogen-bond donors (Lipinski definition) is 0. The maximum atomic E-state index is 4.77. The molecule has 0 aliphatic carbocycles. The fourth-order valence-corrected chi connectivity index (χ4v) is 3.88. The fourth-order valence-electron chi connectivity index (χ4n) is 3.88. The fraction of sp³-hybridized carbons (Fsp3) is 0.640. The van der Waals surface area contributed by atoms with Crippen LogP contribution < -0.4 is 0 Å². The first kappa shape index (κ1) is 24.1. The molecule has 3 aromatic heterocycles. The molecule has 7 nitrogen and oxygen atoms in total. The maximum absolute atomic E-state index is 4.77. The highest BCUT2D eigenvalue weighted by molar-refractivity contribution is 5.60. The van der Waals surface area contributed by atoms with Gasteiger partial charge in [0, 0.05) is 13.1 Å². The first-order chi connectivity index (χ1) is 15.8. The molecule has 0 radical (unpaired) electrons. The molecule has 0 bridgehead atoms. The molecule has 0 atom stereocenters. The highest BCUT2D eigenvalue weighted by Gasteiger charge is 2.10. The van der Waals surface area contributed by atoms with E-state index in [0.717, 1.165) is 48.7 Å². The number of rotatable bonds is 16. The van der Waals surface area contributed by atoms with Gasteiger partial charge >= 0.3 is 0 Å². The van der Waals surface area contributed by atoms with Gasteiger partial charge in [-0.3, -0.25) is 9.36 Å². The number of nitrogens with zero attached hydrogens (tertiary/aromatic N) is 7. The van der Waals surface area contributed by atoms with Crippen LogP contribution in [0.3, 0.4) is 0 Å². The Morgan fingerprint density at radius 3 is 1.47 bits per heavy atom. The number of aromatic nitrogens is 7.